The Morgan fingerprint density at radius 1 is 0.269 bits per heavy atom. The summed E-state index contributed by atoms with van der Waals surface area (Å²) in [6.07, 6.45) is 0. The van der Waals surface area contributed by atoms with Gasteiger partial charge in [0.05, 0.1) is 44.8 Å². The van der Waals surface area contributed by atoms with Crippen LogP contribution >= 0.6 is 0 Å². The Hall–Kier alpha value is -9.34. The number of benzene rings is 8. The van der Waals surface area contributed by atoms with E-state index in [1.165, 1.54) is 0 Å². The lowest BCUT2D eigenvalue weighted by molar-refractivity contribution is 0.584. The van der Waals surface area contributed by atoms with Crippen molar-refractivity contribution >= 4 is 43.6 Å². The predicted octanol–water partition coefficient (Wildman–Crippen LogP) is 13.8. The van der Waals surface area contributed by atoms with E-state index in [-0.39, 0.29) is 0 Å². The summed E-state index contributed by atoms with van der Waals surface area (Å²) in [4.78, 5) is 20.9. The molecule has 0 N–H and O–H groups in total. The van der Waals surface area contributed by atoms with Gasteiger partial charge >= 0.3 is 0 Å². The van der Waals surface area contributed by atoms with Crippen LogP contribution in [0.5, 0.6) is 0 Å². The topological polar surface area (TPSA) is 100 Å². The Morgan fingerprint density at radius 2 is 0.582 bits per heavy atom. The van der Waals surface area contributed by atoms with Crippen molar-refractivity contribution < 1.29 is 4.42 Å². The van der Waals surface area contributed by atoms with Crippen molar-refractivity contribution in [1.29, 1.82) is 0 Å². The Bertz CT molecular complexity index is 3600. The van der Waals surface area contributed by atoms with Crippen molar-refractivity contribution in [1.82, 2.24) is 39.3 Å². The predicted molar refractivity (Wildman–Crippen MR) is 267 cm³/mol. The summed E-state index contributed by atoms with van der Waals surface area (Å²) < 4.78 is 10.9. The van der Waals surface area contributed by atoms with Crippen LogP contribution in [0, 0.1) is 0 Å². The SMILES string of the molecule is c1ccc(-c2cc(-c3ccccc3)nc(-n3c4ccccc4c4ccc(-c5nnc(-c6ccc7c8ccccc8n(-c8nc(-c9ccccc9)cc(-c9ccccc9)n8)c7c6)o5)cc43)n2)cc1. The maximum absolute atomic E-state index is 6.60. The Balaban J connectivity index is 0.946. The molecule has 0 bridgehead atoms. The second kappa shape index (κ2) is 15.7. The first kappa shape index (κ1) is 38.1. The number of rotatable bonds is 8. The van der Waals surface area contributed by atoms with Gasteiger partial charge < -0.3 is 4.42 Å². The number of hydrogen-bond donors (Lipinski definition) is 0. The van der Waals surface area contributed by atoms with Crippen LogP contribution in [0.4, 0.5) is 0 Å². The molecule has 0 radical (unpaired) electrons. The second-order valence-corrected chi connectivity index (χ2v) is 16.4. The van der Waals surface area contributed by atoms with E-state index in [9.17, 15) is 0 Å². The van der Waals surface area contributed by atoms with Gasteiger partial charge in [-0.15, -0.1) is 10.2 Å². The quantitative estimate of drug-likeness (QED) is 0.150. The third kappa shape index (κ3) is 6.64. The fourth-order valence-corrected chi connectivity index (χ4v) is 9.19. The van der Waals surface area contributed by atoms with Crippen LogP contribution in [0.2, 0.25) is 0 Å². The molecule has 9 heteroatoms. The van der Waals surface area contributed by atoms with Crippen molar-refractivity contribution in [3.8, 4) is 79.8 Å². The normalized spacial score (nSPS) is 11.6. The number of fused-ring (bicyclic) bond motifs is 6. The number of para-hydroxylation sites is 2. The summed E-state index contributed by atoms with van der Waals surface area (Å²) in [5, 5.41) is 13.6. The minimum absolute atomic E-state index is 0.393. The maximum Gasteiger partial charge on any atom is 0.248 e. The fraction of sp³-hybridized carbons (Fsp3) is 0. The van der Waals surface area contributed by atoms with Gasteiger partial charge in [0, 0.05) is 54.9 Å². The monoisotopic (exact) mass is 860 g/mol. The average Bonchev–Trinajstić information content (AvgIpc) is 4.12. The van der Waals surface area contributed by atoms with Crippen LogP contribution in [0.25, 0.3) is 123 Å². The van der Waals surface area contributed by atoms with E-state index in [0.29, 0.717) is 23.7 Å². The highest BCUT2D eigenvalue weighted by molar-refractivity contribution is 6.11. The van der Waals surface area contributed by atoms with Crippen molar-refractivity contribution in [2.24, 2.45) is 0 Å². The first-order chi connectivity index (χ1) is 33.2. The first-order valence-electron chi connectivity index (χ1n) is 22.1. The van der Waals surface area contributed by atoms with Crippen LogP contribution in [-0.2, 0) is 0 Å². The van der Waals surface area contributed by atoms with Gasteiger partial charge in [0.2, 0.25) is 23.7 Å². The molecule has 9 nitrogen and oxygen atoms in total. The molecule has 13 rings (SSSR count). The molecule has 0 atom stereocenters. The molecule has 0 unspecified atom stereocenters. The van der Waals surface area contributed by atoms with E-state index in [2.05, 4.69) is 141 Å². The zero-order valence-electron chi connectivity index (χ0n) is 35.8. The molecule has 67 heavy (non-hydrogen) atoms. The Kier molecular flexibility index (Phi) is 8.95. The summed E-state index contributed by atoms with van der Waals surface area (Å²) in [7, 11) is 0. The van der Waals surface area contributed by atoms with E-state index in [1.807, 2.05) is 97.1 Å². The second-order valence-electron chi connectivity index (χ2n) is 16.4. The molecule has 5 heterocycles. The molecule has 0 aliphatic heterocycles. The molecule has 0 saturated carbocycles. The van der Waals surface area contributed by atoms with Crippen LogP contribution in [-0.4, -0.2) is 39.3 Å². The highest BCUT2D eigenvalue weighted by Gasteiger charge is 2.22. The lowest BCUT2D eigenvalue weighted by atomic mass is 10.1. The van der Waals surface area contributed by atoms with Crippen molar-refractivity contribution in [2.45, 2.75) is 0 Å². The van der Waals surface area contributed by atoms with E-state index >= 15 is 0 Å². The van der Waals surface area contributed by atoms with Gasteiger partial charge in [-0.2, -0.15) is 0 Å². The van der Waals surface area contributed by atoms with Crippen LogP contribution in [0.3, 0.4) is 0 Å². The lowest BCUT2D eigenvalue weighted by Gasteiger charge is -2.12. The molecular formula is C58H36N8O. The number of aromatic nitrogens is 8. The van der Waals surface area contributed by atoms with Gasteiger partial charge in [0.15, 0.2) is 0 Å². The molecule has 0 amide bonds. The van der Waals surface area contributed by atoms with Crippen molar-refractivity contribution in [3.63, 3.8) is 0 Å². The molecule has 5 aromatic heterocycles. The van der Waals surface area contributed by atoms with Crippen LogP contribution in [0.15, 0.2) is 223 Å². The van der Waals surface area contributed by atoms with E-state index in [0.717, 1.165) is 99.8 Å². The average molecular weight is 861 g/mol. The van der Waals surface area contributed by atoms with Crippen molar-refractivity contribution in [2.75, 3.05) is 0 Å². The molecular weight excluding hydrogens is 825 g/mol. The van der Waals surface area contributed by atoms with Gasteiger partial charge in [-0.3, -0.25) is 9.13 Å². The van der Waals surface area contributed by atoms with Crippen LogP contribution in [0.1, 0.15) is 0 Å². The largest absolute Gasteiger partial charge is 0.416 e. The van der Waals surface area contributed by atoms with Gasteiger partial charge in [-0.25, -0.2) is 19.9 Å². The number of hydrogen-bond acceptors (Lipinski definition) is 7. The first-order valence-corrected chi connectivity index (χ1v) is 22.1. The lowest BCUT2D eigenvalue weighted by Crippen LogP contribution is -2.04. The molecule has 314 valence electrons. The van der Waals surface area contributed by atoms with Crippen LogP contribution < -0.4 is 0 Å². The molecule has 0 spiro atoms. The summed E-state index contributed by atoms with van der Waals surface area (Å²) in [6.45, 7) is 0. The molecule has 0 saturated heterocycles. The zero-order valence-corrected chi connectivity index (χ0v) is 35.8. The summed E-state index contributed by atoms with van der Waals surface area (Å²) >= 11 is 0. The van der Waals surface area contributed by atoms with E-state index < -0.39 is 0 Å². The highest BCUT2D eigenvalue weighted by atomic mass is 16.4. The van der Waals surface area contributed by atoms with Gasteiger partial charge in [-0.05, 0) is 48.5 Å². The Labute approximate surface area is 384 Å². The standard InChI is InChI=1S/C58H36N8O/c1-5-17-37(18-6-1)47-35-48(38-19-7-2-8-20-38)60-57(59-47)65-51-27-15-13-25-43(51)45-31-29-41(33-53(45)65)55-63-64-56(67-55)42-30-32-46-44-26-14-16-28-52(44)66(54(46)34-42)58-61-49(39-21-9-3-10-22-39)36-50(62-58)40-23-11-4-12-24-40/h1-36H. The van der Waals surface area contributed by atoms with Gasteiger partial charge in [0.25, 0.3) is 0 Å². The van der Waals surface area contributed by atoms with Gasteiger partial charge in [-0.1, -0.05) is 170 Å². The zero-order chi connectivity index (χ0) is 44.3. The molecule has 0 aliphatic rings. The highest BCUT2D eigenvalue weighted by Crippen LogP contribution is 2.38. The van der Waals surface area contributed by atoms with E-state index in [1.54, 1.807) is 0 Å². The molecule has 8 aromatic carbocycles. The molecule has 0 aliphatic carbocycles. The summed E-state index contributed by atoms with van der Waals surface area (Å²) in [5.74, 6) is 1.91. The summed E-state index contributed by atoms with van der Waals surface area (Å²) in [6, 6.07) is 74.3. The minimum atomic E-state index is 0.393. The molecule has 0 fully saturated rings. The fourth-order valence-electron chi connectivity index (χ4n) is 9.19. The number of nitrogens with zero attached hydrogens (tertiary/aromatic N) is 8. The van der Waals surface area contributed by atoms with E-state index in [4.69, 9.17) is 24.4 Å². The van der Waals surface area contributed by atoms with Crippen molar-refractivity contribution in [3.05, 3.63) is 218 Å². The van der Waals surface area contributed by atoms with Gasteiger partial charge in [0.1, 0.15) is 0 Å². The third-order valence-electron chi connectivity index (χ3n) is 12.4. The minimum Gasteiger partial charge on any atom is -0.416 e. The Morgan fingerprint density at radius 3 is 0.940 bits per heavy atom. The summed E-state index contributed by atoms with van der Waals surface area (Å²) in [5.41, 5.74) is 12.7. The third-order valence-corrected chi connectivity index (χ3v) is 12.4. The maximum atomic E-state index is 6.60. The smallest absolute Gasteiger partial charge is 0.248 e. The molecule has 13 aromatic rings.